The normalized spacial score (nSPS) is 12.4. The Morgan fingerprint density at radius 2 is 1.94 bits per heavy atom. The molecule has 100 valence electrons. The number of amides is 1. The number of carbonyl (C=O) groups excluding carboxylic acids is 1. The van der Waals surface area contributed by atoms with E-state index in [0.717, 1.165) is 12.1 Å². The van der Waals surface area contributed by atoms with Crippen LogP contribution in [0.3, 0.4) is 0 Å². The van der Waals surface area contributed by atoms with Crippen molar-refractivity contribution in [2.45, 2.75) is 24.3 Å². The van der Waals surface area contributed by atoms with Crippen molar-refractivity contribution < 1.29 is 17.6 Å². The summed E-state index contributed by atoms with van der Waals surface area (Å²) in [4.78, 5) is 10.6. The van der Waals surface area contributed by atoms with Gasteiger partial charge in [0.05, 0.1) is 5.69 Å². The van der Waals surface area contributed by atoms with E-state index in [1.54, 1.807) is 0 Å². The standard InChI is InChI=1S/C10H14FN3O3S/c1-10(2,9(13)15)14-18(16,17)7-5-3-4-6(11)8(7)12/h3-5,14H,12H2,1-2H3,(H2,13,15). The maximum absolute atomic E-state index is 13.2. The van der Waals surface area contributed by atoms with Crippen LogP contribution in [0.5, 0.6) is 0 Å². The molecular weight excluding hydrogens is 261 g/mol. The van der Waals surface area contributed by atoms with Crippen molar-refractivity contribution in [1.29, 1.82) is 0 Å². The molecule has 0 saturated carbocycles. The highest BCUT2D eigenvalue weighted by molar-refractivity contribution is 7.89. The first-order valence-electron chi connectivity index (χ1n) is 4.96. The molecule has 5 N–H and O–H groups in total. The van der Waals surface area contributed by atoms with Gasteiger partial charge in [-0.25, -0.2) is 12.8 Å². The largest absolute Gasteiger partial charge is 0.395 e. The van der Waals surface area contributed by atoms with E-state index in [-0.39, 0.29) is 0 Å². The summed E-state index contributed by atoms with van der Waals surface area (Å²) >= 11 is 0. The first-order valence-corrected chi connectivity index (χ1v) is 6.44. The van der Waals surface area contributed by atoms with Crippen molar-refractivity contribution in [3.8, 4) is 0 Å². The molecule has 1 rings (SSSR count). The molecule has 0 spiro atoms. The number of halogens is 1. The quantitative estimate of drug-likeness (QED) is 0.668. The van der Waals surface area contributed by atoms with E-state index in [2.05, 4.69) is 4.72 Å². The Labute approximate surface area is 104 Å². The Bertz CT molecular complexity index is 584. The molecule has 1 aromatic carbocycles. The topological polar surface area (TPSA) is 115 Å². The summed E-state index contributed by atoms with van der Waals surface area (Å²) in [7, 11) is -4.13. The van der Waals surface area contributed by atoms with Crippen molar-refractivity contribution in [3.63, 3.8) is 0 Å². The van der Waals surface area contributed by atoms with Gasteiger partial charge in [-0.2, -0.15) is 4.72 Å². The molecule has 18 heavy (non-hydrogen) atoms. The molecule has 0 heterocycles. The van der Waals surface area contributed by atoms with E-state index in [4.69, 9.17) is 11.5 Å². The Hall–Kier alpha value is -1.67. The zero-order chi connectivity index (χ0) is 14.1. The predicted molar refractivity (Wildman–Crippen MR) is 64.4 cm³/mol. The van der Waals surface area contributed by atoms with Gasteiger partial charge in [0.15, 0.2) is 0 Å². The SMILES string of the molecule is CC(C)(NS(=O)(=O)c1cccc(F)c1N)C(N)=O. The summed E-state index contributed by atoms with van der Waals surface area (Å²) in [6.07, 6.45) is 0. The number of carbonyl (C=O) groups is 1. The van der Waals surface area contributed by atoms with Crippen LogP contribution >= 0.6 is 0 Å². The lowest BCUT2D eigenvalue weighted by molar-refractivity contribution is -0.122. The number of nitrogens with two attached hydrogens (primary N) is 2. The lowest BCUT2D eigenvalue weighted by atomic mass is 10.1. The third kappa shape index (κ3) is 2.77. The van der Waals surface area contributed by atoms with E-state index >= 15 is 0 Å². The Morgan fingerprint density at radius 3 is 2.44 bits per heavy atom. The van der Waals surface area contributed by atoms with Gasteiger partial charge in [-0.3, -0.25) is 4.79 Å². The van der Waals surface area contributed by atoms with Gasteiger partial charge in [0, 0.05) is 0 Å². The Morgan fingerprint density at radius 1 is 1.39 bits per heavy atom. The number of benzene rings is 1. The highest BCUT2D eigenvalue weighted by atomic mass is 32.2. The minimum Gasteiger partial charge on any atom is -0.395 e. The summed E-state index contributed by atoms with van der Waals surface area (Å²) in [6.45, 7) is 2.59. The average molecular weight is 275 g/mol. The third-order valence-corrected chi connectivity index (χ3v) is 4.02. The summed E-state index contributed by atoms with van der Waals surface area (Å²) in [5, 5.41) is 0. The molecule has 0 aliphatic heterocycles. The molecule has 0 aromatic heterocycles. The lowest BCUT2D eigenvalue weighted by Gasteiger charge is -2.22. The van der Waals surface area contributed by atoms with Gasteiger partial charge < -0.3 is 11.5 Å². The highest BCUT2D eigenvalue weighted by Gasteiger charge is 2.32. The van der Waals surface area contributed by atoms with E-state index in [9.17, 15) is 17.6 Å². The summed E-state index contributed by atoms with van der Waals surface area (Å²) < 4.78 is 39.2. The molecule has 0 aliphatic carbocycles. The predicted octanol–water partition coefficient (Wildman–Crippen LogP) is -0.0499. The Kier molecular flexibility index (Phi) is 3.63. The van der Waals surface area contributed by atoms with Crippen LogP contribution < -0.4 is 16.2 Å². The number of nitrogens with one attached hydrogen (secondary N) is 1. The molecule has 1 aromatic rings. The van der Waals surface area contributed by atoms with Crippen molar-refractivity contribution in [2.24, 2.45) is 5.73 Å². The van der Waals surface area contributed by atoms with E-state index in [0.29, 0.717) is 0 Å². The second kappa shape index (κ2) is 4.54. The number of sulfonamides is 1. The third-order valence-electron chi connectivity index (χ3n) is 2.31. The second-order valence-electron chi connectivity index (χ2n) is 4.25. The van der Waals surface area contributed by atoms with Gasteiger partial charge in [-0.05, 0) is 26.0 Å². The van der Waals surface area contributed by atoms with Crippen LogP contribution in [-0.4, -0.2) is 19.9 Å². The molecule has 0 radical (unpaired) electrons. The molecule has 0 bridgehead atoms. The second-order valence-corrected chi connectivity index (χ2v) is 5.90. The van der Waals surface area contributed by atoms with Crippen LogP contribution in [0, 0.1) is 5.82 Å². The number of hydrogen-bond donors (Lipinski definition) is 3. The molecule has 0 aliphatic rings. The summed E-state index contributed by atoms with van der Waals surface area (Å²) in [5.41, 5.74) is 8.39. The molecule has 0 saturated heterocycles. The first kappa shape index (κ1) is 14.4. The fourth-order valence-corrected chi connectivity index (χ4v) is 2.72. The van der Waals surface area contributed by atoms with E-state index in [1.807, 2.05) is 0 Å². The molecular formula is C10H14FN3O3S. The molecule has 1 amide bonds. The van der Waals surface area contributed by atoms with Gasteiger partial charge in [0.1, 0.15) is 16.3 Å². The number of primary amides is 1. The van der Waals surface area contributed by atoms with Gasteiger partial charge in [-0.1, -0.05) is 6.07 Å². The van der Waals surface area contributed by atoms with Gasteiger partial charge >= 0.3 is 0 Å². The molecule has 0 fully saturated rings. The summed E-state index contributed by atoms with van der Waals surface area (Å²) in [6, 6.07) is 3.38. The van der Waals surface area contributed by atoms with E-state index < -0.39 is 37.9 Å². The maximum atomic E-state index is 13.2. The van der Waals surface area contributed by atoms with Crippen LogP contribution in [0.1, 0.15) is 13.8 Å². The van der Waals surface area contributed by atoms with E-state index in [1.165, 1.54) is 19.9 Å². The smallest absolute Gasteiger partial charge is 0.243 e. The zero-order valence-electron chi connectivity index (χ0n) is 9.90. The van der Waals surface area contributed by atoms with Crippen molar-refractivity contribution >= 4 is 21.6 Å². The van der Waals surface area contributed by atoms with Crippen molar-refractivity contribution in [1.82, 2.24) is 4.72 Å². The fourth-order valence-electron chi connectivity index (χ4n) is 1.19. The highest BCUT2D eigenvalue weighted by Crippen LogP contribution is 2.22. The first-order chi connectivity index (χ1) is 8.08. The summed E-state index contributed by atoms with van der Waals surface area (Å²) in [5.74, 6) is -1.71. The van der Waals surface area contributed by atoms with Crippen LogP contribution in [0.25, 0.3) is 0 Å². The Balaban J connectivity index is 3.24. The fraction of sp³-hybridized carbons (Fsp3) is 0.300. The van der Waals surface area contributed by atoms with Crippen molar-refractivity contribution in [2.75, 3.05) is 5.73 Å². The number of hydrogen-bond acceptors (Lipinski definition) is 4. The zero-order valence-corrected chi connectivity index (χ0v) is 10.7. The number of anilines is 1. The van der Waals surface area contributed by atoms with Crippen LogP contribution in [0.4, 0.5) is 10.1 Å². The number of rotatable bonds is 4. The number of para-hydroxylation sites is 1. The molecule has 0 unspecified atom stereocenters. The van der Waals surface area contributed by atoms with Crippen LogP contribution in [-0.2, 0) is 14.8 Å². The van der Waals surface area contributed by atoms with Gasteiger partial charge in [0.25, 0.3) is 0 Å². The minimum atomic E-state index is -4.13. The van der Waals surface area contributed by atoms with Gasteiger partial charge in [-0.15, -0.1) is 0 Å². The van der Waals surface area contributed by atoms with Crippen molar-refractivity contribution in [3.05, 3.63) is 24.0 Å². The minimum absolute atomic E-state index is 0.433. The molecule has 6 nitrogen and oxygen atoms in total. The van der Waals surface area contributed by atoms with Crippen LogP contribution in [0.15, 0.2) is 23.1 Å². The maximum Gasteiger partial charge on any atom is 0.243 e. The average Bonchev–Trinajstić information content (AvgIpc) is 2.20. The monoisotopic (exact) mass is 275 g/mol. The van der Waals surface area contributed by atoms with Crippen LogP contribution in [0.2, 0.25) is 0 Å². The van der Waals surface area contributed by atoms with Gasteiger partial charge in [0.2, 0.25) is 15.9 Å². The molecule has 0 atom stereocenters. The molecule has 8 heteroatoms. The lowest BCUT2D eigenvalue weighted by Crippen LogP contribution is -2.52. The number of nitrogen functional groups attached to an aromatic ring is 1.